The zero-order valence-corrected chi connectivity index (χ0v) is 10.9. The maximum atomic E-state index is 3.66. The quantitative estimate of drug-likeness (QED) is 0.866. The summed E-state index contributed by atoms with van der Waals surface area (Å²) in [5.74, 6) is 0. The average Bonchev–Trinajstić information content (AvgIpc) is 2.39. The Kier molecular flexibility index (Phi) is 3.20. The van der Waals surface area contributed by atoms with E-state index in [0.29, 0.717) is 6.04 Å². The van der Waals surface area contributed by atoms with E-state index >= 15 is 0 Å². The minimum absolute atomic E-state index is 0.588. The Bertz CT molecular complexity index is 535. The Balaban J connectivity index is 1.78. The number of hydrogen-bond donors (Lipinski definition) is 1. The van der Waals surface area contributed by atoms with Crippen LogP contribution in [0.3, 0.4) is 0 Å². The molecule has 2 heteroatoms. The van der Waals surface area contributed by atoms with Gasteiger partial charge in [0.15, 0.2) is 0 Å². The van der Waals surface area contributed by atoms with Gasteiger partial charge in [-0.2, -0.15) is 0 Å². The topological polar surface area (TPSA) is 15.3 Å². The van der Waals surface area contributed by atoms with Crippen molar-refractivity contribution in [2.45, 2.75) is 18.9 Å². The molecular weight excluding hydrogens is 220 g/mol. The van der Waals surface area contributed by atoms with E-state index in [1.165, 1.54) is 35.8 Å². The molecule has 1 aliphatic heterocycles. The lowest BCUT2D eigenvalue weighted by molar-refractivity contribution is 0.261. The number of anilines is 1. The fourth-order valence-electron chi connectivity index (χ4n) is 2.80. The molecule has 2 nitrogen and oxygen atoms in total. The zero-order valence-electron chi connectivity index (χ0n) is 10.9. The van der Waals surface area contributed by atoms with Gasteiger partial charge in [0, 0.05) is 18.3 Å². The molecule has 1 aliphatic rings. The minimum Gasteiger partial charge on any atom is -0.381 e. The molecule has 0 spiro atoms. The summed E-state index contributed by atoms with van der Waals surface area (Å²) in [5, 5.41) is 6.28. The lowest BCUT2D eigenvalue weighted by Crippen LogP contribution is -2.39. The van der Waals surface area contributed by atoms with Crippen LogP contribution in [-0.2, 0) is 0 Å². The van der Waals surface area contributed by atoms with Crippen molar-refractivity contribution in [2.24, 2.45) is 0 Å². The molecule has 0 radical (unpaired) electrons. The van der Waals surface area contributed by atoms with E-state index in [0.717, 1.165) is 6.54 Å². The van der Waals surface area contributed by atoms with Crippen LogP contribution < -0.4 is 5.32 Å². The molecule has 0 amide bonds. The lowest BCUT2D eigenvalue weighted by Gasteiger charge is -2.31. The van der Waals surface area contributed by atoms with Crippen LogP contribution in [-0.4, -0.2) is 31.1 Å². The number of rotatable bonds is 2. The normalized spacial score (nSPS) is 21.1. The summed E-state index contributed by atoms with van der Waals surface area (Å²) >= 11 is 0. The fraction of sp³-hybridized carbons (Fsp3) is 0.375. The van der Waals surface area contributed by atoms with Gasteiger partial charge in [0.1, 0.15) is 0 Å². The number of benzene rings is 2. The highest BCUT2D eigenvalue weighted by Crippen LogP contribution is 2.21. The van der Waals surface area contributed by atoms with E-state index in [4.69, 9.17) is 0 Å². The average molecular weight is 240 g/mol. The third-order valence-corrected chi connectivity index (χ3v) is 3.74. The molecule has 94 valence electrons. The van der Waals surface area contributed by atoms with Crippen molar-refractivity contribution in [2.75, 3.05) is 25.5 Å². The molecule has 0 saturated carbocycles. The van der Waals surface area contributed by atoms with Gasteiger partial charge in [-0.05, 0) is 49.3 Å². The molecule has 0 aliphatic carbocycles. The molecule has 2 aromatic rings. The standard InChI is InChI=1S/C16H20N2/c1-18-10-4-7-16(12-18)17-15-9-8-13-5-2-3-6-14(13)11-15/h2-3,5-6,8-9,11,16-17H,4,7,10,12H2,1H3. The molecule has 1 fully saturated rings. The van der Waals surface area contributed by atoms with Crippen LogP contribution in [0.2, 0.25) is 0 Å². The van der Waals surface area contributed by atoms with Gasteiger partial charge in [-0.1, -0.05) is 30.3 Å². The molecule has 2 aromatic carbocycles. The van der Waals surface area contributed by atoms with Crippen molar-refractivity contribution < 1.29 is 0 Å². The fourth-order valence-corrected chi connectivity index (χ4v) is 2.80. The van der Waals surface area contributed by atoms with Gasteiger partial charge in [-0.15, -0.1) is 0 Å². The first-order valence-electron chi connectivity index (χ1n) is 6.75. The molecule has 1 heterocycles. The summed E-state index contributed by atoms with van der Waals surface area (Å²) in [7, 11) is 2.20. The molecule has 1 saturated heterocycles. The van der Waals surface area contributed by atoms with Gasteiger partial charge in [-0.3, -0.25) is 0 Å². The molecule has 0 aromatic heterocycles. The first-order chi connectivity index (χ1) is 8.81. The number of nitrogens with zero attached hydrogens (tertiary/aromatic N) is 1. The molecule has 3 rings (SSSR count). The van der Waals surface area contributed by atoms with Gasteiger partial charge in [0.25, 0.3) is 0 Å². The van der Waals surface area contributed by atoms with Crippen molar-refractivity contribution in [3.63, 3.8) is 0 Å². The second-order valence-electron chi connectivity index (χ2n) is 5.31. The molecule has 1 N–H and O–H groups in total. The van der Waals surface area contributed by atoms with Gasteiger partial charge in [0.05, 0.1) is 0 Å². The maximum Gasteiger partial charge on any atom is 0.0388 e. The second kappa shape index (κ2) is 4.99. The van der Waals surface area contributed by atoms with E-state index in [9.17, 15) is 0 Å². The summed E-state index contributed by atoms with van der Waals surface area (Å²) < 4.78 is 0. The maximum absolute atomic E-state index is 3.66. The highest BCUT2D eigenvalue weighted by atomic mass is 15.1. The highest BCUT2D eigenvalue weighted by molar-refractivity contribution is 5.85. The van der Waals surface area contributed by atoms with Crippen molar-refractivity contribution in [3.8, 4) is 0 Å². The first kappa shape index (κ1) is 11.5. The number of likely N-dealkylation sites (N-methyl/N-ethyl adjacent to an activating group) is 1. The Morgan fingerprint density at radius 1 is 1.11 bits per heavy atom. The Hall–Kier alpha value is -1.54. The van der Waals surface area contributed by atoms with Crippen LogP contribution in [0.5, 0.6) is 0 Å². The molecule has 1 atom stereocenters. The van der Waals surface area contributed by atoms with Crippen LogP contribution in [0.4, 0.5) is 5.69 Å². The lowest BCUT2D eigenvalue weighted by atomic mass is 10.1. The third kappa shape index (κ3) is 2.49. The zero-order chi connectivity index (χ0) is 12.4. The van der Waals surface area contributed by atoms with E-state index in [1.807, 2.05) is 0 Å². The molecule has 18 heavy (non-hydrogen) atoms. The van der Waals surface area contributed by atoms with Gasteiger partial charge in [-0.25, -0.2) is 0 Å². The molecular formula is C16H20N2. The van der Waals surface area contributed by atoms with Crippen LogP contribution in [0.25, 0.3) is 10.8 Å². The summed E-state index contributed by atoms with van der Waals surface area (Å²) in [6, 6.07) is 15.8. The molecule has 0 bridgehead atoms. The Morgan fingerprint density at radius 2 is 1.94 bits per heavy atom. The van der Waals surface area contributed by atoms with E-state index in [2.05, 4.69) is 59.7 Å². The van der Waals surface area contributed by atoms with Crippen molar-refractivity contribution in [1.29, 1.82) is 0 Å². The monoisotopic (exact) mass is 240 g/mol. The van der Waals surface area contributed by atoms with Crippen LogP contribution in [0.1, 0.15) is 12.8 Å². The highest BCUT2D eigenvalue weighted by Gasteiger charge is 2.16. The summed E-state index contributed by atoms with van der Waals surface area (Å²) in [6.07, 6.45) is 2.57. The van der Waals surface area contributed by atoms with Gasteiger partial charge < -0.3 is 10.2 Å². The van der Waals surface area contributed by atoms with Crippen molar-refractivity contribution >= 4 is 16.5 Å². The predicted octanol–water partition coefficient (Wildman–Crippen LogP) is 3.35. The van der Waals surface area contributed by atoms with Crippen molar-refractivity contribution in [1.82, 2.24) is 4.90 Å². The SMILES string of the molecule is CN1CCCC(Nc2ccc3ccccc3c2)C1. The van der Waals surface area contributed by atoms with Crippen molar-refractivity contribution in [3.05, 3.63) is 42.5 Å². The summed E-state index contributed by atoms with van der Waals surface area (Å²) in [4.78, 5) is 2.40. The molecule has 1 unspecified atom stereocenters. The van der Waals surface area contributed by atoms with Gasteiger partial charge in [0.2, 0.25) is 0 Å². The summed E-state index contributed by atoms with van der Waals surface area (Å²) in [6.45, 7) is 2.38. The number of fused-ring (bicyclic) bond motifs is 1. The Labute approximate surface area is 109 Å². The van der Waals surface area contributed by atoms with Crippen LogP contribution >= 0.6 is 0 Å². The first-order valence-corrected chi connectivity index (χ1v) is 6.75. The van der Waals surface area contributed by atoms with E-state index < -0.39 is 0 Å². The van der Waals surface area contributed by atoms with E-state index in [-0.39, 0.29) is 0 Å². The second-order valence-corrected chi connectivity index (χ2v) is 5.31. The Morgan fingerprint density at radius 3 is 2.78 bits per heavy atom. The van der Waals surface area contributed by atoms with Crippen LogP contribution in [0.15, 0.2) is 42.5 Å². The predicted molar refractivity (Wildman–Crippen MR) is 78.1 cm³/mol. The van der Waals surface area contributed by atoms with Crippen LogP contribution in [0, 0.1) is 0 Å². The smallest absolute Gasteiger partial charge is 0.0388 e. The number of likely N-dealkylation sites (tertiary alicyclic amines) is 1. The van der Waals surface area contributed by atoms with Gasteiger partial charge >= 0.3 is 0 Å². The largest absolute Gasteiger partial charge is 0.381 e. The third-order valence-electron chi connectivity index (χ3n) is 3.74. The van der Waals surface area contributed by atoms with E-state index in [1.54, 1.807) is 0 Å². The number of nitrogens with one attached hydrogen (secondary N) is 1. The number of piperidine rings is 1. The number of hydrogen-bond acceptors (Lipinski definition) is 2. The summed E-state index contributed by atoms with van der Waals surface area (Å²) in [5.41, 5.74) is 1.24. The minimum atomic E-state index is 0.588.